The van der Waals surface area contributed by atoms with Crippen molar-refractivity contribution < 1.29 is 14.3 Å². The number of halogens is 2. The smallest absolute Gasteiger partial charge is 0.252 e. The van der Waals surface area contributed by atoms with Crippen molar-refractivity contribution in [3.63, 3.8) is 0 Å². The van der Waals surface area contributed by atoms with Crippen molar-refractivity contribution in [1.82, 2.24) is 4.57 Å². The molecule has 0 radical (unpaired) electrons. The predicted molar refractivity (Wildman–Crippen MR) is 145 cm³/mol. The topological polar surface area (TPSA) is 60.8 Å². The molecule has 8 heteroatoms. The lowest BCUT2D eigenvalue weighted by Gasteiger charge is -2.28. The summed E-state index contributed by atoms with van der Waals surface area (Å²) in [7, 11) is 3.14. The van der Waals surface area contributed by atoms with Crippen LogP contribution >= 0.6 is 23.2 Å². The van der Waals surface area contributed by atoms with Crippen LogP contribution in [0.1, 0.15) is 28.8 Å². The quantitative estimate of drug-likeness (QED) is 0.300. The van der Waals surface area contributed by atoms with Crippen LogP contribution in [-0.4, -0.2) is 24.7 Å². The van der Waals surface area contributed by atoms with E-state index in [1.807, 2.05) is 24.3 Å². The Kier molecular flexibility index (Phi) is 6.96. The molecular formula is C29H24Cl2N2O4. The van der Waals surface area contributed by atoms with Gasteiger partial charge in [0.05, 0.1) is 32.7 Å². The maximum absolute atomic E-state index is 14.1. The van der Waals surface area contributed by atoms with Crippen molar-refractivity contribution >= 4 is 34.9 Å². The summed E-state index contributed by atoms with van der Waals surface area (Å²) < 4.78 is 12.6. The van der Waals surface area contributed by atoms with Crippen molar-refractivity contribution in [2.75, 3.05) is 19.1 Å². The van der Waals surface area contributed by atoms with Crippen LogP contribution in [0.2, 0.25) is 10.0 Å². The average Bonchev–Trinajstić information content (AvgIpc) is 3.26. The molecule has 6 nitrogen and oxygen atoms in total. The third-order valence-electron chi connectivity index (χ3n) is 6.59. The summed E-state index contributed by atoms with van der Waals surface area (Å²) in [6.07, 6.45) is 0.0425. The number of ether oxygens (including phenoxy) is 2. The third-order valence-corrected chi connectivity index (χ3v) is 7.10. The number of rotatable bonds is 6. The van der Waals surface area contributed by atoms with Gasteiger partial charge in [0.25, 0.3) is 5.56 Å². The summed E-state index contributed by atoms with van der Waals surface area (Å²) in [6.45, 7) is 0. The van der Waals surface area contributed by atoms with Crippen LogP contribution in [0.5, 0.6) is 11.5 Å². The van der Waals surface area contributed by atoms with Crippen molar-refractivity contribution in [1.29, 1.82) is 0 Å². The lowest BCUT2D eigenvalue weighted by atomic mass is 9.93. The largest absolute Gasteiger partial charge is 0.497 e. The minimum Gasteiger partial charge on any atom is -0.497 e. The number of pyridine rings is 1. The first kappa shape index (κ1) is 24.9. The number of fused-ring (bicyclic) bond motifs is 1. The second-order valence-corrected chi connectivity index (χ2v) is 9.58. The Hall–Kier alpha value is -3.74. The molecule has 37 heavy (non-hydrogen) atoms. The zero-order valence-corrected chi connectivity index (χ0v) is 21.7. The fourth-order valence-electron chi connectivity index (χ4n) is 4.92. The predicted octanol–water partition coefficient (Wildman–Crippen LogP) is 6.09. The van der Waals surface area contributed by atoms with E-state index in [2.05, 4.69) is 0 Å². The van der Waals surface area contributed by atoms with Gasteiger partial charge in [-0.2, -0.15) is 0 Å². The molecule has 1 aromatic heterocycles. The molecule has 5 rings (SSSR count). The number of carbonyl (C=O) groups excluding carboxylic acids is 1. The van der Waals surface area contributed by atoms with Crippen molar-refractivity contribution in [3.05, 3.63) is 122 Å². The van der Waals surface area contributed by atoms with E-state index >= 15 is 0 Å². The lowest BCUT2D eigenvalue weighted by molar-refractivity contribution is -0.118. The van der Waals surface area contributed by atoms with E-state index in [1.165, 1.54) is 6.07 Å². The first-order chi connectivity index (χ1) is 17.9. The van der Waals surface area contributed by atoms with Gasteiger partial charge in [0, 0.05) is 21.7 Å². The molecule has 0 saturated carbocycles. The van der Waals surface area contributed by atoms with Gasteiger partial charge in [-0.3, -0.25) is 19.1 Å². The Bertz CT molecular complexity index is 1500. The van der Waals surface area contributed by atoms with Gasteiger partial charge >= 0.3 is 0 Å². The third kappa shape index (κ3) is 4.70. The van der Waals surface area contributed by atoms with Gasteiger partial charge in [-0.05, 0) is 59.7 Å². The maximum Gasteiger partial charge on any atom is 0.252 e. The van der Waals surface area contributed by atoms with E-state index in [0.717, 1.165) is 11.1 Å². The molecule has 0 unspecified atom stereocenters. The number of methoxy groups -OCH3 is 2. The monoisotopic (exact) mass is 534 g/mol. The van der Waals surface area contributed by atoms with Gasteiger partial charge in [-0.15, -0.1) is 0 Å². The Morgan fingerprint density at radius 3 is 2.03 bits per heavy atom. The SMILES string of the molecule is COc1ccc(OC)c(CC(=O)N2c3cccc(=O)n3[C@H](c3ccc(Cl)cc3)[C@@H]2c2ccc(Cl)cc2)c1. The van der Waals surface area contributed by atoms with E-state index in [4.69, 9.17) is 32.7 Å². The number of carbonyl (C=O) groups is 1. The molecule has 188 valence electrons. The molecule has 1 amide bonds. The molecule has 2 heterocycles. The maximum atomic E-state index is 14.1. The van der Waals surface area contributed by atoms with Gasteiger partial charge < -0.3 is 9.47 Å². The summed E-state index contributed by atoms with van der Waals surface area (Å²) in [5, 5.41) is 1.17. The first-order valence-corrected chi connectivity index (χ1v) is 12.4. The standard InChI is InChI=1S/C29H24Cl2N2O4/c1-36-23-14-15-24(37-2)20(16-23)17-27(35)33-25-4-3-5-26(34)32(25)28(18-6-10-21(30)11-7-18)29(33)19-8-12-22(31)13-9-19/h3-16,28-29H,17H2,1-2H3/t28-,29+/m1/s1. The minimum absolute atomic E-state index is 0.0425. The summed E-state index contributed by atoms with van der Waals surface area (Å²) in [6, 6.07) is 24.0. The highest BCUT2D eigenvalue weighted by atomic mass is 35.5. The number of amides is 1. The molecule has 1 aliphatic heterocycles. The van der Waals surface area contributed by atoms with E-state index in [0.29, 0.717) is 32.9 Å². The van der Waals surface area contributed by atoms with E-state index < -0.39 is 12.1 Å². The van der Waals surface area contributed by atoms with E-state index in [1.54, 1.807) is 78.3 Å². The van der Waals surface area contributed by atoms with Gasteiger partial charge in [-0.25, -0.2) is 0 Å². The minimum atomic E-state index is -0.502. The van der Waals surface area contributed by atoms with Gasteiger partial charge in [0.2, 0.25) is 5.91 Å². The first-order valence-electron chi connectivity index (χ1n) is 11.7. The summed E-state index contributed by atoms with van der Waals surface area (Å²) >= 11 is 12.4. The molecule has 0 fully saturated rings. The fourth-order valence-corrected chi connectivity index (χ4v) is 5.18. The second kappa shape index (κ2) is 10.3. The molecule has 1 aliphatic rings. The zero-order chi connectivity index (χ0) is 26.1. The summed E-state index contributed by atoms with van der Waals surface area (Å²) in [4.78, 5) is 29.0. The zero-order valence-electron chi connectivity index (χ0n) is 20.2. The Labute approximate surface area is 224 Å². The van der Waals surface area contributed by atoms with E-state index in [9.17, 15) is 9.59 Å². The van der Waals surface area contributed by atoms with Gasteiger partial charge in [-0.1, -0.05) is 53.5 Å². The van der Waals surface area contributed by atoms with Crippen LogP contribution in [0, 0.1) is 0 Å². The molecule has 4 aromatic rings. The normalized spacial score (nSPS) is 16.4. The van der Waals surface area contributed by atoms with Crippen molar-refractivity contribution in [3.8, 4) is 11.5 Å². The number of hydrogen-bond donors (Lipinski definition) is 0. The molecule has 2 atom stereocenters. The molecule has 0 N–H and O–H groups in total. The van der Waals surface area contributed by atoms with Crippen LogP contribution in [-0.2, 0) is 11.2 Å². The van der Waals surface area contributed by atoms with Crippen molar-refractivity contribution in [2.45, 2.75) is 18.5 Å². The molecular weight excluding hydrogens is 511 g/mol. The number of aromatic nitrogens is 1. The lowest BCUT2D eigenvalue weighted by Crippen LogP contribution is -2.34. The highest BCUT2D eigenvalue weighted by molar-refractivity contribution is 6.30. The van der Waals surface area contributed by atoms with E-state index in [-0.39, 0.29) is 17.9 Å². The Balaban J connectivity index is 1.67. The van der Waals surface area contributed by atoms with Crippen LogP contribution in [0.15, 0.2) is 89.7 Å². The molecule has 3 aromatic carbocycles. The fraction of sp³-hybridized carbons (Fsp3) is 0.172. The highest BCUT2D eigenvalue weighted by Gasteiger charge is 2.43. The van der Waals surface area contributed by atoms with Crippen LogP contribution in [0.3, 0.4) is 0 Å². The Morgan fingerprint density at radius 2 is 1.43 bits per heavy atom. The van der Waals surface area contributed by atoms with Crippen molar-refractivity contribution in [2.24, 2.45) is 0 Å². The molecule has 0 saturated heterocycles. The molecule has 0 bridgehead atoms. The second-order valence-electron chi connectivity index (χ2n) is 8.70. The van der Waals surface area contributed by atoms with Crippen LogP contribution < -0.4 is 19.9 Å². The Morgan fingerprint density at radius 1 is 0.811 bits per heavy atom. The number of hydrogen-bond acceptors (Lipinski definition) is 4. The highest BCUT2D eigenvalue weighted by Crippen LogP contribution is 2.47. The van der Waals surface area contributed by atoms with Crippen LogP contribution in [0.25, 0.3) is 0 Å². The number of anilines is 1. The van der Waals surface area contributed by atoms with Crippen LogP contribution in [0.4, 0.5) is 5.82 Å². The summed E-state index contributed by atoms with van der Waals surface area (Å²) in [5.41, 5.74) is 2.18. The number of nitrogens with zero attached hydrogens (tertiary/aromatic N) is 2. The average molecular weight is 535 g/mol. The van der Waals surface area contributed by atoms with Gasteiger partial charge in [0.15, 0.2) is 0 Å². The summed E-state index contributed by atoms with van der Waals surface area (Å²) in [5.74, 6) is 1.52. The number of benzene rings is 3. The van der Waals surface area contributed by atoms with Gasteiger partial charge in [0.1, 0.15) is 17.3 Å². The molecule has 0 spiro atoms. The molecule has 0 aliphatic carbocycles.